The van der Waals surface area contributed by atoms with Gasteiger partial charge in [-0.3, -0.25) is 9.10 Å². The van der Waals surface area contributed by atoms with Gasteiger partial charge in [-0.05, 0) is 43.3 Å². The van der Waals surface area contributed by atoms with Gasteiger partial charge in [-0.25, -0.2) is 8.42 Å². The molecule has 2 aromatic rings. The summed E-state index contributed by atoms with van der Waals surface area (Å²) in [4.78, 5) is 11.9. The third kappa shape index (κ3) is 4.66. The van der Waals surface area contributed by atoms with Gasteiger partial charge in [0.05, 0.1) is 38.5 Å². The van der Waals surface area contributed by atoms with E-state index in [4.69, 9.17) is 14.2 Å². The largest absolute Gasteiger partial charge is 0.497 e. The predicted octanol–water partition coefficient (Wildman–Crippen LogP) is 2.47. The van der Waals surface area contributed by atoms with Crippen LogP contribution in [0.15, 0.2) is 47.4 Å². The standard InChI is InChI=1S/C19H23NO7S/c1-5-27-14-6-9-16(10-7-14)28(22,23)20(13-19(21)26-4)17-12-15(24-2)8-11-18(17)25-3/h6-12H,5,13H2,1-4H3. The van der Waals surface area contributed by atoms with E-state index in [0.717, 1.165) is 4.31 Å². The van der Waals surface area contributed by atoms with Crippen LogP contribution < -0.4 is 18.5 Å². The highest BCUT2D eigenvalue weighted by Crippen LogP contribution is 2.35. The van der Waals surface area contributed by atoms with Crippen LogP contribution >= 0.6 is 0 Å². The number of carbonyl (C=O) groups excluding carboxylic acids is 1. The average molecular weight is 409 g/mol. The maximum Gasteiger partial charge on any atom is 0.326 e. The van der Waals surface area contributed by atoms with Gasteiger partial charge in [0.15, 0.2) is 0 Å². The zero-order valence-electron chi connectivity index (χ0n) is 16.2. The molecule has 0 aromatic heterocycles. The van der Waals surface area contributed by atoms with Crippen molar-refractivity contribution in [1.29, 1.82) is 0 Å². The molecule has 0 bridgehead atoms. The van der Waals surface area contributed by atoms with Gasteiger partial charge >= 0.3 is 5.97 Å². The fourth-order valence-electron chi connectivity index (χ4n) is 2.47. The SMILES string of the molecule is CCOc1ccc(S(=O)(=O)N(CC(=O)OC)c2cc(OC)ccc2OC)cc1. The first-order valence-electron chi connectivity index (χ1n) is 8.41. The van der Waals surface area contributed by atoms with Crippen molar-refractivity contribution in [3.8, 4) is 17.2 Å². The number of nitrogens with zero attached hydrogens (tertiary/aromatic N) is 1. The molecule has 9 heteroatoms. The molecule has 2 aromatic carbocycles. The van der Waals surface area contributed by atoms with Crippen molar-refractivity contribution in [3.05, 3.63) is 42.5 Å². The number of esters is 1. The Morgan fingerprint density at radius 3 is 2.14 bits per heavy atom. The second kappa shape index (κ2) is 9.32. The summed E-state index contributed by atoms with van der Waals surface area (Å²) >= 11 is 0. The van der Waals surface area contributed by atoms with Crippen LogP contribution in [0.1, 0.15) is 6.92 Å². The minimum Gasteiger partial charge on any atom is -0.497 e. The molecule has 28 heavy (non-hydrogen) atoms. The number of hydrogen-bond donors (Lipinski definition) is 0. The van der Waals surface area contributed by atoms with Crippen molar-refractivity contribution in [3.63, 3.8) is 0 Å². The van der Waals surface area contributed by atoms with E-state index in [1.54, 1.807) is 24.3 Å². The third-order valence-corrected chi connectivity index (χ3v) is 5.65. The van der Waals surface area contributed by atoms with E-state index in [1.165, 1.54) is 39.5 Å². The molecule has 8 nitrogen and oxygen atoms in total. The quantitative estimate of drug-likeness (QED) is 0.588. The smallest absolute Gasteiger partial charge is 0.326 e. The lowest BCUT2D eigenvalue weighted by molar-refractivity contribution is -0.138. The van der Waals surface area contributed by atoms with Gasteiger partial charge in [-0.1, -0.05) is 0 Å². The summed E-state index contributed by atoms with van der Waals surface area (Å²) in [6, 6.07) is 10.6. The molecule has 0 N–H and O–H groups in total. The molecule has 0 aliphatic heterocycles. The summed E-state index contributed by atoms with van der Waals surface area (Å²) in [5.41, 5.74) is 0.154. The van der Waals surface area contributed by atoms with Crippen LogP contribution in [0.5, 0.6) is 17.2 Å². The molecule has 152 valence electrons. The highest BCUT2D eigenvalue weighted by Gasteiger charge is 2.30. The second-order valence-electron chi connectivity index (χ2n) is 5.53. The van der Waals surface area contributed by atoms with Crippen molar-refractivity contribution >= 4 is 21.7 Å². The van der Waals surface area contributed by atoms with Crippen LogP contribution in [0.3, 0.4) is 0 Å². The molecule has 0 aliphatic carbocycles. The lowest BCUT2D eigenvalue weighted by Crippen LogP contribution is -2.36. The van der Waals surface area contributed by atoms with Gasteiger partial charge in [0.2, 0.25) is 0 Å². The van der Waals surface area contributed by atoms with Gasteiger partial charge in [0.1, 0.15) is 23.8 Å². The summed E-state index contributed by atoms with van der Waals surface area (Å²) in [6.07, 6.45) is 0. The molecule has 2 rings (SSSR count). The fraction of sp³-hybridized carbons (Fsp3) is 0.316. The minimum absolute atomic E-state index is 0.00951. The molecule has 0 aliphatic rings. The van der Waals surface area contributed by atoms with Crippen LogP contribution in [0.4, 0.5) is 5.69 Å². The summed E-state index contributed by atoms with van der Waals surface area (Å²) < 4.78 is 48.0. The summed E-state index contributed by atoms with van der Waals surface area (Å²) in [5, 5.41) is 0. The summed E-state index contributed by atoms with van der Waals surface area (Å²) in [7, 11) is -0.0564. The molecule has 0 spiro atoms. The number of hydrogen-bond acceptors (Lipinski definition) is 7. The lowest BCUT2D eigenvalue weighted by atomic mass is 10.2. The first-order chi connectivity index (χ1) is 13.4. The summed E-state index contributed by atoms with van der Waals surface area (Å²) in [5.74, 6) is 0.492. The Labute approximate surface area is 164 Å². The monoisotopic (exact) mass is 409 g/mol. The van der Waals surface area contributed by atoms with Crippen molar-refractivity contribution in [2.24, 2.45) is 0 Å². The third-order valence-electron chi connectivity index (χ3n) is 3.88. The van der Waals surface area contributed by atoms with Gasteiger partial charge in [0, 0.05) is 6.07 Å². The Hall–Kier alpha value is -2.94. The maximum absolute atomic E-state index is 13.3. The van der Waals surface area contributed by atoms with Crippen molar-refractivity contribution in [1.82, 2.24) is 0 Å². The van der Waals surface area contributed by atoms with E-state index in [9.17, 15) is 13.2 Å². The van der Waals surface area contributed by atoms with Gasteiger partial charge in [0.25, 0.3) is 10.0 Å². The molecule has 0 unspecified atom stereocenters. The zero-order valence-corrected chi connectivity index (χ0v) is 17.0. The normalized spacial score (nSPS) is 10.9. The Bertz CT molecular complexity index is 910. The number of rotatable bonds is 9. The Morgan fingerprint density at radius 2 is 1.61 bits per heavy atom. The van der Waals surface area contributed by atoms with Crippen LogP contribution in [0.25, 0.3) is 0 Å². The average Bonchev–Trinajstić information content (AvgIpc) is 2.71. The first kappa shape index (κ1) is 21.4. The van der Waals surface area contributed by atoms with Crippen LogP contribution in [-0.2, 0) is 19.6 Å². The van der Waals surface area contributed by atoms with Crippen molar-refractivity contribution in [2.45, 2.75) is 11.8 Å². The number of anilines is 1. The lowest BCUT2D eigenvalue weighted by Gasteiger charge is -2.25. The van der Waals surface area contributed by atoms with E-state index in [-0.39, 0.29) is 16.3 Å². The molecule has 0 fully saturated rings. The summed E-state index contributed by atoms with van der Waals surface area (Å²) in [6.45, 7) is 1.76. The molecule has 0 amide bonds. The van der Waals surface area contributed by atoms with Crippen molar-refractivity contribution < 1.29 is 32.2 Å². The fourth-order valence-corrected chi connectivity index (χ4v) is 3.89. The van der Waals surface area contributed by atoms with E-state index in [1.807, 2.05) is 6.92 Å². The Balaban J connectivity index is 2.58. The maximum atomic E-state index is 13.3. The number of carbonyl (C=O) groups is 1. The molecular formula is C19H23NO7S. The van der Waals surface area contributed by atoms with E-state index in [2.05, 4.69) is 4.74 Å². The predicted molar refractivity (Wildman–Crippen MR) is 104 cm³/mol. The van der Waals surface area contributed by atoms with E-state index in [0.29, 0.717) is 18.1 Å². The number of benzene rings is 2. The van der Waals surface area contributed by atoms with E-state index >= 15 is 0 Å². The Kier molecular flexibility index (Phi) is 7.11. The van der Waals surface area contributed by atoms with Crippen LogP contribution in [0.2, 0.25) is 0 Å². The zero-order chi connectivity index (χ0) is 20.7. The molecular weight excluding hydrogens is 386 g/mol. The molecule has 0 radical (unpaired) electrons. The Morgan fingerprint density at radius 1 is 0.964 bits per heavy atom. The number of methoxy groups -OCH3 is 3. The van der Waals surface area contributed by atoms with Crippen LogP contribution in [0, 0.1) is 0 Å². The molecule has 0 heterocycles. The molecule has 0 saturated heterocycles. The van der Waals surface area contributed by atoms with Crippen molar-refractivity contribution in [2.75, 3.05) is 38.8 Å². The topological polar surface area (TPSA) is 91.4 Å². The van der Waals surface area contributed by atoms with Crippen LogP contribution in [-0.4, -0.2) is 48.9 Å². The molecule has 0 saturated carbocycles. The van der Waals surface area contributed by atoms with Gasteiger partial charge in [-0.2, -0.15) is 0 Å². The van der Waals surface area contributed by atoms with Gasteiger partial charge in [-0.15, -0.1) is 0 Å². The second-order valence-corrected chi connectivity index (χ2v) is 7.39. The number of sulfonamides is 1. The van der Waals surface area contributed by atoms with E-state index < -0.39 is 22.5 Å². The highest BCUT2D eigenvalue weighted by atomic mass is 32.2. The highest BCUT2D eigenvalue weighted by molar-refractivity contribution is 7.92. The first-order valence-corrected chi connectivity index (χ1v) is 9.85. The molecule has 0 atom stereocenters. The minimum atomic E-state index is -4.11. The number of ether oxygens (including phenoxy) is 4. The van der Waals surface area contributed by atoms with Gasteiger partial charge < -0.3 is 18.9 Å².